The second-order valence-electron chi connectivity index (χ2n) is 18.2. The Morgan fingerprint density at radius 3 is 2.31 bits per heavy atom. The van der Waals surface area contributed by atoms with Gasteiger partial charge in [-0.1, -0.05) is 106 Å². The molecule has 0 radical (unpaired) electrons. The number of fused-ring (bicyclic) bond motifs is 3. The van der Waals surface area contributed by atoms with E-state index in [9.17, 15) is 22.6 Å². The Morgan fingerprint density at radius 1 is 0.846 bits per heavy atom. The molecular weight excluding hydrogens is 833 g/mol. The first-order valence-corrected chi connectivity index (χ1v) is 24.7. The van der Waals surface area contributed by atoms with E-state index in [2.05, 4.69) is 114 Å². The number of aryl methyl sites for hydroxylation is 1. The minimum absolute atomic E-state index is 0.0702. The zero-order valence-corrected chi connectivity index (χ0v) is 39.7. The summed E-state index contributed by atoms with van der Waals surface area (Å²) in [6.07, 6.45) is 23.4. The average molecular weight is 899 g/mol. The number of aromatic nitrogens is 2. The molecule has 0 bridgehead atoms. The van der Waals surface area contributed by atoms with Crippen molar-refractivity contribution < 1.29 is 27.1 Å². The van der Waals surface area contributed by atoms with E-state index in [4.69, 9.17) is 11.4 Å². The second kappa shape index (κ2) is 21.9. The van der Waals surface area contributed by atoms with Crippen LogP contribution in [0.1, 0.15) is 109 Å². The Labute approximate surface area is 386 Å². The van der Waals surface area contributed by atoms with Crippen molar-refractivity contribution in [3.8, 4) is 12.3 Å². The average Bonchev–Trinajstić information content (AvgIpc) is 3.80. The fourth-order valence-electron chi connectivity index (χ4n) is 9.37. The molecule has 0 saturated carbocycles. The molecule has 2 aliphatic heterocycles. The lowest BCUT2D eigenvalue weighted by molar-refractivity contribution is -0.437. The van der Waals surface area contributed by atoms with E-state index in [1.165, 1.54) is 29.4 Å². The highest BCUT2D eigenvalue weighted by Gasteiger charge is 2.44. The molecule has 6 rings (SSSR count). The summed E-state index contributed by atoms with van der Waals surface area (Å²) < 4.78 is 38.5. The van der Waals surface area contributed by atoms with Crippen LogP contribution in [0.2, 0.25) is 0 Å². The van der Waals surface area contributed by atoms with Crippen molar-refractivity contribution >= 4 is 50.1 Å². The van der Waals surface area contributed by atoms with E-state index in [1.54, 1.807) is 4.90 Å². The first-order valence-electron chi connectivity index (χ1n) is 23.1. The van der Waals surface area contributed by atoms with Crippen LogP contribution in [0.5, 0.6) is 0 Å². The Bertz CT molecular complexity index is 2610. The van der Waals surface area contributed by atoms with Crippen LogP contribution in [0.25, 0.3) is 11.0 Å². The number of para-hydroxylation sites is 4. The summed E-state index contributed by atoms with van der Waals surface area (Å²) in [5.41, 5.74) is 8.50. The lowest BCUT2D eigenvalue weighted by Crippen LogP contribution is -2.30. The summed E-state index contributed by atoms with van der Waals surface area (Å²) in [6, 6.07) is 24.8. The van der Waals surface area contributed by atoms with Crippen LogP contribution in [0.15, 0.2) is 109 Å². The van der Waals surface area contributed by atoms with Gasteiger partial charge in [0.05, 0.1) is 39.7 Å². The molecule has 11 nitrogen and oxygen atoms in total. The summed E-state index contributed by atoms with van der Waals surface area (Å²) in [5.74, 6) is 3.06. The van der Waals surface area contributed by atoms with Crippen LogP contribution in [-0.2, 0) is 43.6 Å². The quantitative estimate of drug-likeness (QED) is 0.0259. The number of allylic oxidation sites excluding steroid dienone is 6. The number of imidazole rings is 1. The largest absolute Gasteiger partial charge is 0.748 e. The number of nitrogens with one attached hydrogen (secondary N) is 1. The van der Waals surface area contributed by atoms with Gasteiger partial charge in [0, 0.05) is 79.7 Å². The van der Waals surface area contributed by atoms with Gasteiger partial charge in [0.15, 0.2) is 5.71 Å². The number of nitrogens with zero attached hydrogens (tertiary/aromatic N) is 5. The van der Waals surface area contributed by atoms with Gasteiger partial charge in [-0.2, -0.15) is 4.58 Å². The Balaban J connectivity index is 0.960. The van der Waals surface area contributed by atoms with Gasteiger partial charge in [-0.25, -0.2) is 13.4 Å². The summed E-state index contributed by atoms with van der Waals surface area (Å²) in [4.78, 5) is 33.8. The number of anilines is 1. The molecule has 4 aromatic rings. The maximum atomic E-state index is 12.8. The number of benzene rings is 3. The van der Waals surface area contributed by atoms with Gasteiger partial charge in [0.2, 0.25) is 17.5 Å². The molecule has 0 unspecified atom stereocenters. The highest BCUT2D eigenvalue weighted by atomic mass is 32.2. The first kappa shape index (κ1) is 48.7. The summed E-state index contributed by atoms with van der Waals surface area (Å²) in [5, 5.41) is 3.13. The molecule has 2 amide bonds. The molecule has 2 aliphatic rings. The SMILES string of the molecule is C#CCN(Cc1nc2ccccc2n1CCCCCCNC(=O)CCCCCN1/C(=C/C=C/C=C/C2=[N+](CCCS(=O)(=O)[O-])c3ccccc3C2(C)C)C(C)(C)c2ccccc21)C(C)=O. The van der Waals surface area contributed by atoms with Gasteiger partial charge >= 0.3 is 0 Å². The molecule has 65 heavy (non-hydrogen) atoms. The Morgan fingerprint density at radius 2 is 1.54 bits per heavy atom. The highest BCUT2D eigenvalue weighted by molar-refractivity contribution is 7.85. The van der Waals surface area contributed by atoms with Gasteiger partial charge in [-0.05, 0) is 69.4 Å². The van der Waals surface area contributed by atoms with Crippen molar-refractivity contribution in [3.05, 3.63) is 126 Å². The third kappa shape index (κ3) is 12.1. The number of hydrogen-bond donors (Lipinski definition) is 1. The van der Waals surface area contributed by atoms with Crippen molar-refractivity contribution in [1.29, 1.82) is 0 Å². The summed E-state index contributed by atoms with van der Waals surface area (Å²) in [6.45, 7) is 13.8. The van der Waals surface area contributed by atoms with Crippen LogP contribution < -0.4 is 10.2 Å². The van der Waals surface area contributed by atoms with E-state index in [0.717, 1.165) is 86.3 Å². The highest BCUT2D eigenvalue weighted by Crippen LogP contribution is 2.47. The van der Waals surface area contributed by atoms with Crippen molar-refractivity contribution in [1.82, 2.24) is 19.8 Å². The van der Waals surface area contributed by atoms with Gasteiger partial charge in [0.1, 0.15) is 12.4 Å². The topological polar surface area (TPSA) is 131 Å². The van der Waals surface area contributed by atoms with E-state index in [-0.39, 0.29) is 35.6 Å². The van der Waals surface area contributed by atoms with Crippen molar-refractivity contribution in [2.24, 2.45) is 0 Å². The van der Waals surface area contributed by atoms with Crippen molar-refractivity contribution in [3.63, 3.8) is 0 Å². The Hall–Kier alpha value is -5.77. The molecule has 0 aliphatic carbocycles. The monoisotopic (exact) mass is 898 g/mol. The second-order valence-corrected chi connectivity index (χ2v) is 19.7. The maximum absolute atomic E-state index is 12.8. The predicted octanol–water partition coefficient (Wildman–Crippen LogP) is 9.06. The molecule has 1 N–H and O–H groups in total. The molecule has 3 heterocycles. The minimum Gasteiger partial charge on any atom is -0.748 e. The molecule has 1 aromatic heterocycles. The fraction of sp³-hybridized carbons (Fsp3) is 0.434. The third-order valence-corrected chi connectivity index (χ3v) is 13.6. The lowest BCUT2D eigenvalue weighted by Gasteiger charge is -2.27. The van der Waals surface area contributed by atoms with Crippen LogP contribution in [-0.4, -0.2) is 81.5 Å². The molecule has 344 valence electrons. The number of carbonyl (C=O) groups is 2. The van der Waals surface area contributed by atoms with Gasteiger partial charge in [-0.15, -0.1) is 6.42 Å². The summed E-state index contributed by atoms with van der Waals surface area (Å²) >= 11 is 0. The van der Waals surface area contributed by atoms with Gasteiger partial charge < -0.3 is 24.2 Å². The zero-order chi connectivity index (χ0) is 46.6. The smallest absolute Gasteiger partial charge is 0.220 e. The minimum atomic E-state index is -4.29. The van der Waals surface area contributed by atoms with E-state index in [0.29, 0.717) is 26.1 Å². The van der Waals surface area contributed by atoms with Crippen LogP contribution >= 0.6 is 0 Å². The molecule has 3 aromatic carbocycles. The molecule has 0 spiro atoms. The number of unbranched alkanes of at least 4 members (excludes halogenated alkanes) is 5. The normalized spacial score (nSPS) is 15.9. The molecule has 0 atom stereocenters. The van der Waals surface area contributed by atoms with Crippen LogP contribution in [0.3, 0.4) is 0 Å². The predicted molar refractivity (Wildman–Crippen MR) is 261 cm³/mol. The fourth-order valence-corrected chi connectivity index (χ4v) is 9.86. The molecule has 0 saturated heterocycles. The van der Waals surface area contributed by atoms with Gasteiger partial charge in [-0.3, -0.25) is 9.59 Å². The van der Waals surface area contributed by atoms with E-state index in [1.807, 2.05) is 42.5 Å². The molecular formula is C53H66N6O5S. The number of amides is 2. The number of hydrogen-bond acceptors (Lipinski definition) is 7. The first-order chi connectivity index (χ1) is 31.1. The standard InChI is InChI=1S/C53H66N6O5S/c1-7-35-56(41(2)60)40-50-55-44-27-17-20-30-47(44)59(50)37-22-9-8-21-34-54-51(61)33-14-11-23-36-57-45-28-18-15-25-42(45)52(3,4)48(57)31-12-10-13-32-49-53(5,6)43-26-16-19-29-46(43)58(49)38-24-39-65(62,63)64/h1,10,12-13,15-20,25-32H,8-9,11,14,21-24,33-40H2,2-6H3,(H-,54,61,62,63,64). The Kier molecular flexibility index (Phi) is 16.4. The maximum Gasteiger partial charge on any atom is 0.220 e. The summed E-state index contributed by atoms with van der Waals surface area (Å²) in [7, 11) is -4.29. The zero-order valence-electron chi connectivity index (χ0n) is 38.9. The number of rotatable bonds is 23. The molecule has 12 heteroatoms. The number of carbonyl (C=O) groups excluding carboxylic acids is 2. The van der Waals surface area contributed by atoms with E-state index < -0.39 is 15.9 Å². The van der Waals surface area contributed by atoms with E-state index >= 15 is 0 Å². The van der Waals surface area contributed by atoms with Crippen molar-refractivity contribution in [2.75, 3.05) is 36.8 Å². The van der Waals surface area contributed by atoms with Crippen molar-refractivity contribution in [2.45, 2.75) is 116 Å². The molecule has 0 fully saturated rings. The third-order valence-electron chi connectivity index (χ3n) is 12.8. The van der Waals surface area contributed by atoms with Crippen LogP contribution in [0, 0.1) is 12.3 Å². The number of terminal acetylenes is 1. The van der Waals surface area contributed by atoms with Crippen LogP contribution in [0.4, 0.5) is 11.4 Å². The van der Waals surface area contributed by atoms with Gasteiger partial charge in [0.25, 0.3) is 0 Å². The lowest BCUT2D eigenvalue weighted by atomic mass is 9.81.